The molecule has 2 atom stereocenters. The Labute approximate surface area is 227 Å². The molecule has 0 saturated carbocycles. The predicted octanol–water partition coefficient (Wildman–Crippen LogP) is 4.76. The van der Waals surface area contributed by atoms with Crippen molar-refractivity contribution in [2.45, 2.75) is 53.1 Å². The smallest absolute Gasteiger partial charge is 0.251 e. The first-order valence-corrected chi connectivity index (χ1v) is 13.9. The summed E-state index contributed by atoms with van der Waals surface area (Å²) in [5.74, 6) is 0.316. The first-order valence-electron chi connectivity index (χ1n) is 13.1. The second kappa shape index (κ2) is 12.3. The monoisotopic (exact) mass is 533 g/mol. The summed E-state index contributed by atoms with van der Waals surface area (Å²) in [6.45, 7) is 12.3. The van der Waals surface area contributed by atoms with E-state index in [1.807, 2.05) is 36.7 Å². The highest BCUT2D eigenvalue weighted by Gasteiger charge is 2.19. The van der Waals surface area contributed by atoms with Gasteiger partial charge >= 0.3 is 0 Å². The summed E-state index contributed by atoms with van der Waals surface area (Å²) in [7, 11) is 0. The van der Waals surface area contributed by atoms with Crippen LogP contribution in [0.3, 0.4) is 0 Å². The van der Waals surface area contributed by atoms with Crippen LogP contribution in [0.15, 0.2) is 48.1 Å². The van der Waals surface area contributed by atoms with E-state index in [9.17, 15) is 9.59 Å². The fourth-order valence-electron chi connectivity index (χ4n) is 4.41. The maximum absolute atomic E-state index is 13.3. The molecular formula is C28H35N7O2S. The van der Waals surface area contributed by atoms with Crippen LogP contribution in [0.2, 0.25) is 0 Å². The molecule has 0 aromatic carbocycles. The molecular weight excluding hydrogens is 498 g/mol. The average molecular weight is 534 g/mol. The molecule has 0 bridgehead atoms. The zero-order chi connectivity index (χ0) is 27.2. The Balaban J connectivity index is 1.71. The molecule has 0 radical (unpaired) electrons. The van der Waals surface area contributed by atoms with Gasteiger partial charge in [-0.3, -0.25) is 14.5 Å². The van der Waals surface area contributed by atoms with Crippen LogP contribution in [0.4, 0.5) is 5.82 Å². The molecule has 0 unspecified atom stereocenters. The standard InChI is InChI=1S/C28H35N7O2S/c1-6-24(36)19(5)31-26-15-20(28(37)29-16-18(4)34(7-2)8-3)14-23(32-26)21-17-30-35-12-11-22(33-27(21)35)25-10-9-13-38-25/h9-15,17-19H,6-8,16H2,1-5H3,(H,29,37)(H,31,32)/t18-,19+/m0/s1. The number of nitrogens with zero attached hydrogens (tertiary/aromatic N) is 5. The van der Waals surface area contributed by atoms with Crippen molar-refractivity contribution < 1.29 is 9.59 Å². The van der Waals surface area contributed by atoms with Gasteiger partial charge in [0, 0.05) is 30.8 Å². The molecule has 0 saturated heterocycles. The summed E-state index contributed by atoms with van der Waals surface area (Å²) in [6, 6.07) is 9.15. The minimum atomic E-state index is -0.436. The zero-order valence-corrected chi connectivity index (χ0v) is 23.4. The van der Waals surface area contributed by atoms with Gasteiger partial charge in [-0.25, -0.2) is 14.5 Å². The van der Waals surface area contributed by atoms with Crippen LogP contribution < -0.4 is 10.6 Å². The lowest BCUT2D eigenvalue weighted by atomic mass is 10.1. The van der Waals surface area contributed by atoms with Gasteiger partial charge in [0.05, 0.1) is 34.1 Å². The highest BCUT2D eigenvalue weighted by Crippen LogP contribution is 2.28. The van der Waals surface area contributed by atoms with Crippen molar-refractivity contribution in [3.05, 3.63) is 53.7 Å². The topological polar surface area (TPSA) is 105 Å². The summed E-state index contributed by atoms with van der Waals surface area (Å²) in [5.41, 5.74) is 3.19. The Morgan fingerprint density at radius 2 is 1.87 bits per heavy atom. The molecule has 10 heteroatoms. The van der Waals surface area contributed by atoms with Crippen LogP contribution in [0.5, 0.6) is 0 Å². The molecule has 4 aromatic rings. The molecule has 0 spiro atoms. The number of likely N-dealkylation sites (N-methyl/N-ethyl adjacent to an activating group) is 1. The van der Waals surface area contributed by atoms with Crippen molar-refractivity contribution >= 4 is 34.5 Å². The lowest BCUT2D eigenvalue weighted by molar-refractivity contribution is -0.119. The van der Waals surface area contributed by atoms with Gasteiger partial charge in [-0.05, 0) is 56.6 Å². The van der Waals surface area contributed by atoms with Gasteiger partial charge in [0.25, 0.3) is 5.91 Å². The van der Waals surface area contributed by atoms with Crippen molar-refractivity contribution in [2.24, 2.45) is 0 Å². The minimum absolute atomic E-state index is 0.0643. The van der Waals surface area contributed by atoms with Crippen LogP contribution in [0.25, 0.3) is 27.5 Å². The molecule has 4 rings (SSSR count). The van der Waals surface area contributed by atoms with E-state index in [2.05, 4.69) is 41.4 Å². The summed E-state index contributed by atoms with van der Waals surface area (Å²) < 4.78 is 1.70. The van der Waals surface area contributed by atoms with Gasteiger partial charge in [0.1, 0.15) is 5.82 Å². The number of hydrogen-bond acceptors (Lipinski definition) is 8. The van der Waals surface area contributed by atoms with E-state index < -0.39 is 6.04 Å². The van der Waals surface area contributed by atoms with E-state index in [0.29, 0.717) is 41.3 Å². The Hall–Kier alpha value is -3.63. The van der Waals surface area contributed by atoms with Crippen LogP contribution in [0.1, 0.15) is 51.4 Å². The second-order valence-electron chi connectivity index (χ2n) is 9.21. The molecule has 4 aromatic heterocycles. The summed E-state index contributed by atoms with van der Waals surface area (Å²) in [4.78, 5) is 38.5. The van der Waals surface area contributed by atoms with Crippen LogP contribution in [-0.4, -0.2) is 67.9 Å². The number of aromatic nitrogens is 4. The molecule has 38 heavy (non-hydrogen) atoms. The molecule has 0 aliphatic rings. The number of rotatable bonds is 12. The molecule has 200 valence electrons. The van der Waals surface area contributed by atoms with E-state index in [1.54, 1.807) is 41.1 Å². The third kappa shape index (κ3) is 6.08. The lowest BCUT2D eigenvalue weighted by Crippen LogP contribution is -2.42. The summed E-state index contributed by atoms with van der Waals surface area (Å²) in [5, 5.41) is 12.7. The van der Waals surface area contributed by atoms with E-state index in [4.69, 9.17) is 9.97 Å². The third-order valence-corrected chi connectivity index (χ3v) is 7.59. The van der Waals surface area contributed by atoms with Gasteiger partial charge in [0.2, 0.25) is 0 Å². The fraction of sp³-hybridized carbons (Fsp3) is 0.393. The van der Waals surface area contributed by atoms with E-state index in [-0.39, 0.29) is 17.7 Å². The summed E-state index contributed by atoms with van der Waals surface area (Å²) >= 11 is 1.62. The predicted molar refractivity (Wildman–Crippen MR) is 153 cm³/mol. The maximum Gasteiger partial charge on any atom is 0.251 e. The van der Waals surface area contributed by atoms with E-state index in [1.165, 1.54) is 0 Å². The van der Waals surface area contributed by atoms with Crippen molar-refractivity contribution in [3.8, 4) is 21.8 Å². The number of carbonyl (C=O) groups is 2. The lowest BCUT2D eigenvalue weighted by Gasteiger charge is -2.26. The van der Waals surface area contributed by atoms with Gasteiger partial charge in [-0.15, -0.1) is 11.3 Å². The maximum atomic E-state index is 13.3. The number of amides is 1. The molecule has 4 heterocycles. The van der Waals surface area contributed by atoms with Crippen molar-refractivity contribution in [2.75, 3.05) is 25.0 Å². The number of nitrogens with one attached hydrogen (secondary N) is 2. The van der Waals surface area contributed by atoms with Gasteiger partial charge in [-0.2, -0.15) is 5.10 Å². The molecule has 9 nitrogen and oxygen atoms in total. The largest absolute Gasteiger partial charge is 0.361 e. The SMILES string of the molecule is CCC(=O)[C@@H](C)Nc1cc(C(=O)NC[C@H](C)N(CC)CC)cc(-c2cnn3ccc(-c4cccs4)nc23)n1. The van der Waals surface area contributed by atoms with E-state index in [0.717, 1.165) is 23.7 Å². The Morgan fingerprint density at radius 3 is 2.55 bits per heavy atom. The number of Topliss-reactive ketones (excluding diaryl/α,β-unsaturated/α-hetero) is 1. The number of pyridine rings is 1. The quantitative estimate of drug-likeness (QED) is 0.271. The number of fused-ring (bicyclic) bond motifs is 1. The van der Waals surface area contributed by atoms with Crippen LogP contribution in [-0.2, 0) is 4.79 Å². The Morgan fingerprint density at radius 1 is 1.08 bits per heavy atom. The normalized spacial score (nSPS) is 13.0. The van der Waals surface area contributed by atoms with Crippen molar-refractivity contribution in [3.63, 3.8) is 0 Å². The number of carbonyl (C=O) groups excluding carboxylic acids is 2. The molecule has 1 amide bonds. The highest BCUT2D eigenvalue weighted by atomic mass is 32.1. The second-order valence-corrected chi connectivity index (χ2v) is 10.2. The summed E-state index contributed by atoms with van der Waals surface area (Å²) in [6.07, 6.45) is 3.98. The van der Waals surface area contributed by atoms with Gasteiger partial charge < -0.3 is 10.6 Å². The van der Waals surface area contributed by atoms with Crippen LogP contribution in [0, 0.1) is 0 Å². The number of anilines is 1. The van der Waals surface area contributed by atoms with Crippen molar-refractivity contribution in [1.82, 2.24) is 29.8 Å². The number of ketones is 1. The molecule has 0 aliphatic carbocycles. The Bertz CT molecular complexity index is 1400. The third-order valence-electron chi connectivity index (χ3n) is 6.70. The number of hydrogen-bond donors (Lipinski definition) is 2. The minimum Gasteiger partial charge on any atom is -0.361 e. The zero-order valence-electron chi connectivity index (χ0n) is 22.6. The highest BCUT2D eigenvalue weighted by molar-refractivity contribution is 7.13. The van der Waals surface area contributed by atoms with Crippen molar-refractivity contribution in [1.29, 1.82) is 0 Å². The number of thiophene rings is 1. The Kier molecular flexibility index (Phi) is 8.85. The average Bonchev–Trinajstić information content (AvgIpc) is 3.62. The van der Waals surface area contributed by atoms with Gasteiger partial charge in [-0.1, -0.05) is 26.8 Å². The molecule has 2 N–H and O–H groups in total. The first-order chi connectivity index (χ1) is 18.3. The first kappa shape index (κ1) is 27.4. The fourth-order valence-corrected chi connectivity index (χ4v) is 5.11. The van der Waals surface area contributed by atoms with Crippen LogP contribution >= 0.6 is 11.3 Å². The van der Waals surface area contributed by atoms with E-state index >= 15 is 0 Å². The van der Waals surface area contributed by atoms with Gasteiger partial charge in [0.15, 0.2) is 11.4 Å². The molecule has 0 fully saturated rings. The molecule has 0 aliphatic heterocycles.